The molecule has 0 unspecified atom stereocenters. The van der Waals surface area contributed by atoms with Crippen LogP contribution < -0.4 is 0 Å². The van der Waals surface area contributed by atoms with Crippen LogP contribution in [0.3, 0.4) is 0 Å². The van der Waals surface area contributed by atoms with Crippen molar-refractivity contribution in [3.63, 3.8) is 0 Å². The number of hydrogen-bond acceptors (Lipinski definition) is 11. The van der Waals surface area contributed by atoms with E-state index in [-0.39, 0.29) is 34.1 Å². The Morgan fingerprint density at radius 2 is 0.826 bits per heavy atom. The molecule has 0 aromatic rings. The van der Waals surface area contributed by atoms with Crippen molar-refractivity contribution in [2.75, 3.05) is 39.6 Å². The molecule has 7 aliphatic rings. The van der Waals surface area contributed by atoms with Crippen LogP contribution in [0.2, 0.25) is 0 Å². The average molecular weight is 642 g/mol. The summed E-state index contributed by atoms with van der Waals surface area (Å²) in [6.45, 7) is 8.19. The van der Waals surface area contributed by atoms with Crippen molar-refractivity contribution in [1.29, 1.82) is 15.8 Å². The first-order valence-electron chi connectivity index (χ1n) is 17.1. The van der Waals surface area contributed by atoms with Gasteiger partial charge >= 0.3 is 0 Å². The van der Waals surface area contributed by atoms with Crippen molar-refractivity contribution in [2.45, 2.75) is 134 Å². The van der Waals surface area contributed by atoms with Gasteiger partial charge in [0.05, 0.1) is 68.7 Å². The molecule has 3 spiro atoms. The zero-order valence-electron chi connectivity index (χ0n) is 27.7. The van der Waals surface area contributed by atoms with E-state index in [1.807, 2.05) is 13.8 Å². The van der Waals surface area contributed by atoms with Crippen LogP contribution in [0.25, 0.3) is 0 Å². The number of nitriles is 3. The Balaban J connectivity index is 0.000000140. The fourth-order valence-electron chi connectivity index (χ4n) is 6.94. The number of Topliss-reactive ketones (excluding diaryl/α,β-unsaturated/α-hetero) is 2. The SMILES string of the molecule is CC1(C#N)CCC(=O)CC1.CC1(C#N)CCC2(CC1)OCCO2.N#CC1CCC2(CC1)OCCO2.O=C1CCC2(CC1)OCCO2. The third-order valence-electron chi connectivity index (χ3n) is 10.5. The van der Waals surface area contributed by atoms with Gasteiger partial charge in [-0.05, 0) is 52.4 Å². The van der Waals surface area contributed by atoms with E-state index in [0.717, 1.165) is 90.3 Å². The predicted octanol–water partition coefficient (Wildman–Crippen LogP) is 5.81. The van der Waals surface area contributed by atoms with Crippen molar-refractivity contribution in [1.82, 2.24) is 0 Å². The molecule has 0 aromatic heterocycles. The molecule has 7 fully saturated rings. The summed E-state index contributed by atoms with van der Waals surface area (Å²) >= 11 is 0. The third kappa shape index (κ3) is 10.0. The summed E-state index contributed by atoms with van der Waals surface area (Å²) in [6, 6.07) is 6.92. The maximum atomic E-state index is 10.9. The zero-order chi connectivity index (χ0) is 33.2. The predicted molar refractivity (Wildman–Crippen MR) is 164 cm³/mol. The van der Waals surface area contributed by atoms with Crippen molar-refractivity contribution >= 4 is 11.6 Å². The number of ether oxygens (including phenoxy) is 6. The Labute approximate surface area is 273 Å². The van der Waals surface area contributed by atoms with Crippen molar-refractivity contribution in [3.8, 4) is 18.2 Å². The molecule has 0 amide bonds. The topological polar surface area (TPSA) is 161 Å². The Hall–Kier alpha value is -2.43. The molecular formula is C35H51N3O8. The van der Waals surface area contributed by atoms with Crippen molar-refractivity contribution in [3.05, 3.63) is 0 Å². The molecule has 7 rings (SSSR count). The lowest BCUT2D eigenvalue weighted by molar-refractivity contribution is -0.186. The van der Waals surface area contributed by atoms with Crippen molar-refractivity contribution < 1.29 is 38.0 Å². The minimum Gasteiger partial charge on any atom is -0.348 e. The molecule has 0 aromatic carbocycles. The van der Waals surface area contributed by atoms with Crippen LogP contribution in [-0.4, -0.2) is 68.6 Å². The largest absolute Gasteiger partial charge is 0.348 e. The summed E-state index contributed by atoms with van der Waals surface area (Å²) in [7, 11) is 0. The summed E-state index contributed by atoms with van der Waals surface area (Å²) in [5, 5.41) is 26.3. The van der Waals surface area contributed by atoms with E-state index in [0.29, 0.717) is 63.7 Å². The van der Waals surface area contributed by atoms with E-state index in [4.69, 9.17) is 44.2 Å². The molecule has 0 N–H and O–H groups in total. The lowest BCUT2D eigenvalue weighted by atomic mass is 9.74. The molecule has 254 valence electrons. The van der Waals surface area contributed by atoms with E-state index < -0.39 is 0 Å². The third-order valence-corrected chi connectivity index (χ3v) is 10.5. The number of hydrogen-bond donors (Lipinski definition) is 0. The first-order chi connectivity index (χ1) is 22.0. The van der Waals surface area contributed by atoms with E-state index >= 15 is 0 Å². The highest BCUT2D eigenvalue weighted by Gasteiger charge is 2.44. The van der Waals surface area contributed by atoms with Gasteiger partial charge in [0.25, 0.3) is 0 Å². The van der Waals surface area contributed by atoms with Crippen LogP contribution in [0.15, 0.2) is 0 Å². The standard InChI is InChI=1S/C10H15NO2.C9H13NO2.C8H11NO.C8H12O3/c1-9(8-11)2-4-10(5-3-9)12-6-7-13-10;10-7-8-1-3-9(4-2-8)11-5-6-12-9;1-8(6-9)4-2-7(10)3-5-8;9-7-1-3-8(4-2-7)10-5-6-11-8/h2-7H2,1H3;8H,1-6H2;2-5H2,1H3;1-6H2. The highest BCUT2D eigenvalue weighted by molar-refractivity contribution is 5.79. The number of carbonyl (C=O) groups is 2. The molecule has 4 saturated carbocycles. The summed E-state index contributed by atoms with van der Waals surface area (Å²) in [5.74, 6) is -0.108. The molecule has 0 bridgehead atoms. The number of nitrogens with zero attached hydrogens (tertiary/aromatic N) is 3. The zero-order valence-corrected chi connectivity index (χ0v) is 27.7. The van der Waals surface area contributed by atoms with E-state index in [1.54, 1.807) is 0 Å². The highest BCUT2D eigenvalue weighted by Crippen LogP contribution is 2.44. The lowest BCUT2D eigenvalue weighted by Gasteiger charge is -2.37. The second-order valence-corrected chi connectivity index (χ2v) is 14.1. The average Bonchev–Trinajstić information content (AvgIpc) is 3.86. The lowest BCUT2D eigenvalue weighted by Crippen LogP contribution is -2.38. The van der Waals surface area contributed by atoms with Crippen LogP contribution >= 0.6 is 0 Å². The fourth-order valence-corrected chi connectivity index (χ4v) is 6.94. The summed E-state index contributed by atoms with van der Waals surface area (Å²) in [4.78, 5) is 21.6. The molecule has 11 nitrogen and oxygen atoms in total. The first kappa shape index (κ1) is 36.4. The Morgan fingerprint density at radius 3 is 1.20 bits per heavy atom. The van der Waals surface area contributed by atoms with Crippen LogP contribution in [0.5, 0.6) is 0 Å². The maximum absolute atomic E-state index is 10.9. The van der Waals surface area contributed by atoms with E-state index in [9.17, 15) is 9.59 Å². The van der Waals surface area contributed by atoms with Crippen LogP contribution in [0.1, 0.15) is 117 Å². The minimum absolute atomic E-state index is 0.152. The number of carbonyl (C=O) groups excluding carboxylic acids is 2. The monoisotopic (exact) mass is 641 g/mol. The summed E-state index contributed by atoms with van der Waals surface area (Å²) in [5.41, 5.74) is -0.367. The normalized spacial score (nSPS) is 29.5. The molecular weight excluding hydrogens is 590 g/mol. The molecule has 0 atom stereocenters. The molecule has 46 heavy (non-hydrogen) atoms. The molecule has 3 aliphatic heterocycles. The van der Waals surface area contributed by atoms with Gasteiger partial charge in [-0.25, -0.2) is 0 Å². The Bertz CT molecular complexity index is 1120. The first-order valence-corrected chi connectivity index (χ1v) is 17.1. The Morgan fingerprint density at radius 1 is 0.500 bits per heavy atom. The smallest absolute Gasteiger partial charge is 0.169 e. The molecule has 11 heteroatoms. The molecule has 0 radical (unpaired) electrons. The summed E-state index contributed by atoms with van der Waals surface area (Å²) in [6.07, 6.45) is 12.6. The van der Waals surface area contributed by atoms with Crippen LogP contribution in [0, 0.1) is 50.7 Å². The molecule has 3 heterocycles. The van der Waals surface area contributed by atoms with Gasteiger partial charge in [-0.15, -0.1) is 0 Å². The molecule has 3 saturated heterocycles. The minimum atomic E-state index is -0.367. The Kier molecular flexibility index (Phi) is 12.8. The maximum Gasteiger partial charge on any atom is 0.169 e. The van der Waals surface area contributed by atoms with Gasteiger partial charge in [0.2, 0.25) is 0 Å². The van der Waals surface area contributed by atoms with Gasteiger partial charge in [-0.1, -0.05) is 0 Å². The quantitative estimate of drug-likeness (QED) is 0.314. The molecule has 4 aliphatic carbocycles. The van der Waals surface area contributed by atoms with Gasteiger partial charge in [0.15, 0.2) is 17.4 Å². The van der Waals surface area contributed by atoms with Gasteiger partial charge in [-0.3, -0.25) is 9.59 Å². The van der Waals surface area contributed by atoms with Gasteiger partial charge in [0, 0.05) is 70.1 Å². The van der Waals surface area contributed by atoms with E-state index in [1.165, 1.54) is 0 Å². The van der Waals surface area contributed by atoms with Gasteiger partial charge < -0.3 is 28.4 Å². The second kappa shape index (κ2) is 16.1. The van der Waals surface area contributed by atoms with Crippen LogP contribution in [0.4, 0.5) is 0 Å². The number of rotatable bonds is 0. The second-order valence-electron chi connectivity index (χ2n) is 14.1. The fraction of sp³-hybridized carbons (Fsp3) is 0.857. The van der Waals surface area contributed by atoms with Gasteiger partial charge in [0.1, 0.15) is 11.6 Å². The van der Waals surface area contributed by atoms with Gasteiger partial charge in [-0.2, -0.15) is 15.8 Å². The summed E-state index contributed by atoms with van der Waals surface area (Å²) < 4.78 is 33.2. The van der Waals surface area contributed by atoms with Crippen molar-refractivity contribution in [2.24, 2.45) is 16.7 Å². The van der Waals surface area contributed by atoms with Crippen LogP contribution in [-0.2, 0) is 38.0 Å². The highest BCUT2D eigenvalue weighted by atomic mass is 16.7. The number of ketones is 2. The van der Waals surface area contributed by atoms with E-state index in [2.05, 4.69) is 18.2 Å².